The number of hydrogen-bond acceptors (Lipinski definition) is 8. The second-order valence-electron chi connectivity index (χ2n) is 10.5. The number of guanidine groups is 1. The third-order valence-electron chi connectivity index (χ3n) is 6.71. The summed E-state index contributed by atoms with van der Waals surface area (Å²) in [4.78, 5) is 68.0. The van der Waals surface area contributed by atoms with Crippen LogP contribution in [0.5, 0.6) is 0 Å². The van der Waals surface area contributed by atoms with E-state index in [4.69, 9.17) is 17.2 Å². The van der Waals surface area contributed by atoms with Gasteiger partial charge < -0.3 is 48.7 Å². The van der Waals surface area contributed by atoms with Crippen molar-refractivity contribution in [1.82, 2.24) is 21.3 Å². The molecule has 1 rings (SSSR count). The molecule has 0 saturated carbocycles. The fraction of sp³-hybridized carbons (Fsp3) is 0.586. The minimum absolute atomic E-state index is 0.00997. The van der Waals surface area contributed by atoms with Crippen molar-refractivity contribution in [1.29, 1.82) is 0 Å². The van der Waals surface area contributed by atoms with Crippen molar-refractivity contribution in [3.8, 4) is 0 Å². The van der Waals surface area contributed by atoms with Crippen molar-refractivity contribution in [2.75, 3.05) is 13.1 Å². The number of aliphatic imine (C=N–C) groups is 1. The zero-order valence-corrected chi connectivity index (χ0v) is 25.5. The molecule has 0 saturated heterocycles. The molecule has 0 unspecified atom stereocenters. The molecule has 246 valence electrons. The van der Waals surface area contributed by atoms with Gasteiger partial charge in [0.05, 0.1) is 6.10 Å². The number of carbonyl (C=O) groups is 5. The molecule has 0 aromatic heterocycles. The highest BCUT2D eigenvalue weighted by Crippen LogP contribution is 2.09. The molecule has 15 heteroatoms. The number of carboxylic acids is 1. The number of benzene rings is 1. The first-order valence-corrected chi connectivity index (χ1v) is 14.8. The van der Waals surface area contributed by atoms with Crippen LogP contribution in [-0.4, -0.2) is 89.1 Å². The van der Waals surface area contributed by atoms with Crippen LogP contribution in [0.4, 0.5) is 0 Å². The lowest BCUT2D eigenvalue weighted by Gasteiger charge is -2.27. The van der Waals surface area contributed by atoms with Crippen LogP contribution in [0.1, 0.15) is 75.6 Å². The smallest absolute Gasteiger partial charge is 0.326 e. The first kappa shape index (κ1) is 37.8. The average Bonchev–Trinajstić information content (AvgIpc) is 2.98. The molecule has 1 aromatic rings. The Balaban J connectivity index is 3.05. The first-order valence-electron chi connectivity index (χ1n) is 14.8. The van der Waals surface area contributed by atoms with Crippen LogP contribution in [0.2, 0.25) is 0 Å². The van der Waals surface area contributed by atoms with Gasteiger partial charge in [-0.1, -0.05) is 38.0 Å². The molecule has 12 N–H and O–H groups in total. The van der Waals surface area contributed by atoms with Crippen molar-refractivity contribution >= 4 is 35.6 Å². The molecule has 0 aliphatic carbocycles. The first-order chi connectivity index (χ1) is 20.9. The number of unbranched alkanes of at least 4 members (excludes halogenated alkanes) is 2. The molecule has 0 bridgehead atoms. The number of carboxylic acid groups (broad SMARTS) is 1. The van der Waals surface area contributed by atoms with E-state index in [-0.39, 0.29) is 31.8 Å². The predicted molar refractivity (Wildman–Crippen MR) is 165 cm³/mol. The van der Waals surface area contributed by atoms with E-state index in [2.05, 4.69) is 26.3 Å². The molecule has 5 atom stereocenters. The fourth-order valence-electron chi connectivity index (χ4n) is 4.22. The van der Waals surface area contributed by atoms with Crippen LogP contribution < -0.4 is 38.5 Å². The largest absolute Gasteiger partial charge is 0.480 e. The number of aliphatic hydroxyl groups excluding tert-OH is 1. The Morgan fingerprint density at radius 2 is 1.36 bits per heavy atom. The normalized spacial score (nSPS) is 14.2. The number of amides is 4. The Labute approximate surface area is 257 Å². The molecule has 15 nitrogen and oxygen atoms in total. The van der Waals surface area contributed by atoms with Gasteiger partial charge in [-0.15, -0.1) is 0 Å². The zero-order chi connectivity index (χ0) is 33.1. The van der Waals surface area contributed by atoms with E-state index in [9.17, 15) is 34.2 Å². The number of aliphatic hydroxyl groups is 1. The number of rotatable bonds is 21. The Hall–Kier alpha value is -4.24. The van der Waals surface area contributed by atoms with Gasteiger partial charge in [-0.2, -0.15) is 0 Å². The van der Waals surface area contributed by atoms with Gasteiger partial charge in [-0.05, 0) is 64.1 Å². The molecular formula is C29H48N8O7. The quantitative estimate of drug-likeness (QED) is 0.0463. The molecule has 0 radical (unpaired) electrons. The van der Waals surface area contributed by atoms with E-state index in [1.54, 1.807) is 30.3 Å². The summed E-state index contributed by atoms with van der Waals surface area (Å²) in [5, 5.41) is 30.0. The van der Waals surface area contributed by atoms with Crippen LogP contribution >= 0.6 is 0 Å². The molecule has 44 heavy (non-hydrogen) atoms. The van der Waals surface area contributed by atoms with Gasteiger partial charge in [0, 0.05) is 12.1 Å². The molecule has 0 aliphatic rings. The monoisotopic (exact) mass is 620 g/mol. The summed E-state index contributed by atoms with van der Waals surface area (Å²) >= 11 is 0. The molecule has 0 fully saturated rings. The van der Waals surface area contributed by atoms with E-state index in [1.165, 1.54) is 6.92 Å². The Morgan fingerprint density at radius 3 is 1.93 bits per heavy atom. The molecule has 0 heterocycles. The summed E-state index contributed by atoms with van der Waals surface area (Å²) in [6.07, 6.45) is 1.75. The minimum atomic E-state index is -1.52. The summed E-state index contributed by atoms with van der Waals surface area (Å²) in [6.45, 7) is 3.71. The lowest BCUT2D eigenvalue weighted by molar-refractivity contribution is -0.143. The van der Waals surface area contributed by atoms with Gasteiger partial charge in [0.15, 0.2) is 5.96 Å². The second kappa shape index (κ2) is 20.6. The van der Waals surface area contributed by atoms with Gasteiger partial charge in [0.1, 0.15) is 24.2 Å². The minimum Gasteiger partial charge on any atom is -0.480 e. The lowest BCUT2D eigenvalue weighted by Crippen LogP contribution is -2.60. The van der Waals surface area contributed by atoms with Gasteiger partial charge in [-0.3, -0.25) is 24.2 Å². The lowest BCUT2D eigenvalue weighted by atomic mass is 10.0. The number of nitrogens with one attached hydrogen (secondary N) is 4. The second-order valence-corrected chi connectivity index (χ2v) is 10.5. The molecule has 0 spiro atoms. The Bertz CT molecular complexity index is 1100. The number of carbonyl (C=O) groups excluding carboxylic acids is 4. The van der Waals surface area contributed by atoms with E-state index in [1.807, 2.05) is 6.92 Å². The van der Waals surface area contributed by atoms with E-state index in [0.29, 0.717) is 37.8 Å². The Morgan fingerprint density at radius 1 is 0.795 bits per heavy atom. The van der Waals surface area contributed by atoms with Gasteiger partial charge in [0.2, 0.25) is 17.7 Å². The molecule has 1 aromatic carbocycles. The van der Waals surface area contributed by atoms with Gasteiger partial charge in [-0.25, -0.2) is 4.79 Å². The van der Waals surface area contributed by atoms with Crippen molar-refractivity contribution < 1.29 is 34.2 Å². The van der Waals surface area contributed by atoms with E-state index in [0.717, 1.165) is 6.42 Å². The van der Waals surface area contributed by atoms with Crippen LogP contribution in [0.15, 0.2) is 35.3 Å². The number of aliphatic carboxylic acids is 1. The number of nitrogens with two attached hydrogens (primary N) is 3. The van der Waals surface area contributed by atoms with Crippen LogP contribution in [-0.2, 0) is 19.2 Å². The SMILES string of the molecule is CCCC[C@H](NC(=O)c1ccccc1)C(=O)N[C@@H](CCCCN)C(=O)N[C@H](C(=O)N[C@@H](CCCN=C(N)N)C(=O)O)[C@@H](C)O. The maximum Gasteiger partial charge on any atom is 0.326 e. The van der Waals surface area contributed by atoms with E-state index < -0.39 is 59.9 Å². The van der Waals surface area contributed by atoms with Crippen molar-refractivity contribution in [3.05, 3.63) is 35.9 Å². The molecule has 0 aliphatic heterocycles. The highest BCUT2D eigenvalue weighted by molar-refractivity contribution is 5.99. The topological polar surface area (TPSA) is 264 Å². The van der Waals surface area contributed by atoms with E-state index >= 15 is 0 Å². The summed E-state index contributed by atoms with van der Waals surface area (Å²) in [5.41, 5.74) is 16.5. The predicted octanol–water partition coefficient (Wildman–Crippen LogP) is -0.922. The summed E-state index contributed by atoms with van der Waals surface area (Å²) < 4.78 is 0. The number of nitrogens with zero attached hydrogens (tertiary/aromatic N) is 1. The van der Waals surface area contributed by atoms with Crippen LogP contribution in [0.25, 0.3) is 0 Å². The van der Waals surface area contributed by atoms with Crippen LogP contribution in [0, 0.1) is 0 Å². The summed E-state index contributed by atoms with van der Waals surface area (Å²) in [6, 6.07) is 3.49. The maximum atomic E-state index is 13.4. The molecule has 4 amide bonds. The van der Waals surface area contributed by atoms with Crippen molar-refractivity contribution in [3.63, 3.8) is 0 Å². The number of hydrogen-bond donors (Lipinski definition) is 9. The summed E-state index contributed by atoms with van der Waals surface area (Å²) in [7, 11) is 0. The zero-order valence-electron chi connectivity index (χ0n) is 25.5. The average molecular weight is 621 g/mol. The third-order valence-corrected chi connectivity index (χ3v) is 6.71. The van der Waals surface area contributed by atoms with Crippen molar-refractivity contribution in [2.24, 2.45) is 22.2 Å². The Kier molecular flexibility index (Phi) is 17.7. The van der Waals surface area contributed by atoms with Gasteiger partial charge in [0.25, 0.3) is 5.91 Å². The molecular weight excluding hydrogens is 572 g/mol. The van der Waals surface area contributed by atoms with Crippen molar-refractivity contribution in [2.45, 2.75) is 95.5 Å². The summed E-state index contributed by atoms with van der Waals surface area (Å²) in [5.74, 6) is -4.18. The maximum absolute atomic E-state index is 13.4. The fourth-order valence-corrected chi connectivity index (χ4v) is 4.22. The van der Waals surface area contributed by atoms with Gasteiger partial charge >= 0.3 is 5.97 Å². The van der Waals surface area contributed by atoms with Crippen LogP contribution in [0.3, 0.4) is 0 Å². The highest BCUT2D eigenvalue weighted by Gasteiger charge is 2.33. The standard InChI is InChI=1S/C29H48N8O7/c1-3-4-13-20(34-24(39)19-11-6-5-7-12-19)25(40)35-21(14-8-9-16-30)26(41)37-23(18(2)38)27(42)36-22(28(43)44)15-10-17-33-29(31)32/h5-7,11-12,18,20-23,38H,3-4,8-10,13-17,30H2,1-2H3,(H,34,39)(H,35,40)(H,36,42)(H,37,41)(H,43,44)(H4,31,32,33)/t18-,20+,21+,22+,23+/m1/s1. The third kappa shape index (κ3) is 14.3. The highest BCUT2D eigenvalue weighted by atomic mass is 16.4.